The van der Waals surface area contributed by atoms with Crippen molar-refractivity contribution < 1.29 is 14.2 Å². The first kappa shape index (κ1) is 13.6. The number of hydrogen-bond donors (Lipinski definition) is 1. The summed E-state index contributed by atoms with van der Waals surface area (Å²) in [4.78, 5) is 0. The number of fused-ring (bicyclic) bond motifs is 1. The predicted octanol–water partition coefficient (Wildman–Crippen LogP) is 3.26. The molecule has 3 nitrogen and oxygen atoms in total. The van der Waals surface area contributed by atoms with Crippen molar-refractivity contribution in [1.82, 2.24) is 0 Å². The van der Waals surface area contributed by atoms with Crippen LogP contribution in [0.4, 0.5) is 4.39 Å². The SMILES string of the molecule is N#Cc1ccc(COc2ccc3c(c2)CC[C@@H]3O)c(F)c1. The zero-order chi connectivity index (χ0) is 14.8. The number of nitriles is 1. The number of rotatable bonds is 3. The Bertz CT molecular complexity index is 721. The Morgan fingerprint density at radius 1 is 1.29 bits per heavy atom. The molecule has 2 aromatic rings. The molecule has 0 saturated heterocycles. The van der Waals surface area contributed by atoms with Gasteiger partial charge in [-0.15, -0.1) is 0 Å². The Morgan fingerprint density at radius 3 is 2.90 bits per heavy atom. The van der Waals surface area contributed by atoms with Gasteiger partial charge in [-0.2, -0.15) is 5.26 Å². The van der Waals surface area contributed by atoms with Crippen LogP contribution >= 0.6 is 0 Å². The van der Waals surface area contributed by atoms with Gasteiger partial charge in [-0.3, -0.25) is 0 Å². The van der Waals surface area contributed by atoms with Gasteiger partial charge in [-0.1, -0.05) is 12.1 Å². The van der Waals surface area contributed by atoms with E-state index in [-0.39, 0.29) is 12.7 Å². The summed E-state index contributed by atoms with van der Waals surface area (Å²) in [7, 11) is 0. The first-order valence-electron chi connectivity index (χ1n) is 6.79. The smallest absolute Gasteiger partial charge is 0.131 e. The highest BCUT2D eigenvalue weighted by Gasteiger charge is 2.20. The average molecular weight is 283 g/mol. The highest BCUT2D eigenvalue weighted by Crippen LogP contribution is 2.33. The number of halogens is 1. The van der Waals surface area contributed by atoms with Crippen LogP contribution in [0.25, 0.3) is 0 Å². The van der Waals surface area contributed by atoms with Crippen molar-refractivity contribution in [3.05, 3.63) is 64.5 Å². The van der Waals surface area contributed by atoms with Crippen molar-refractivity contribution in [3.8, 4) is 11.8 Å². The van der Waals surface area contributed by atoms with E-state index in [9.17, 15) is 9.50 Å². The molecule has 0 spiro atoms. The highest BCUT2D eigenvalue weighted by molar-refractivity contribution is 5.40. The van der Waals surface area contributed by atoms with E-state index in [1.807, 2.05) is 18.2 Å². The lowest BCUT2D eigenvalue weighted by Gasteiger charge is -2.10. The first-order chi connectivity index (χ1) is 10.2. The van der Waals surface area contributed by atoms with E-state index in [0.717, 1.165) is 24.0 Å². The molecule has 1 N–H and O–H groups in total. The van der Waals surface area contributed by atoms with Crippen molar-refractivity contribution in [2.24, 2.45) is 0 Å². The summed E-state index contributed by atoms with van der Waals surface area (Å²) in [5.74, 6) is 0.220. The topological polar surface area (TPSA) is 53.2 Å². The van der Waals surface area contributed by atoms with E-state index in [0.29, 0.717) is 16.9 Å². The summed E-state index contributed by atoms with van der Waals surface area (Å²) in [5.41, 5.74) is 2.74. The summed E-state index contributed by atoms with van der Waals surface area (Å²) in [5, 5.41) is 18.5. The Hall–Kier alpha value is -2.38. The molecule has 1 aliphatic rings. The third kappa shape index (κ3) is 2.74. The summed E-state index contributed by atoms with van der Waals surface area (Å²) >= 11 is 0. The Labute approximate surface area is 122 Å². The molecule has 21 heavy (non-hydrogen) atoms. The van der Waals surface area contributed by atoms with E-state index >= 15 is 0 Å². The van der Waals surface area contributed by atoms with Crippen molar-refractivity contribution in [3.63, 3.8) is 0 Å². The second-order valence-electron chi connectivity index (χ2n) is 5.12. The molecule has 4 heteroatoms. The van der Waals surface area contributed by atoms with Gasteiger partial charge in [0.2, 0.25) is 0 Å². The number of nitrogens with zero attached hydrogens (tertiary/aromatic N) is 1. The Morgan fingerprint density at radius 2 is 2.14 bits per heavy atom. The van der Waals surface area contributed by atoms with Crippen molar-refractivity contribution in [2.45, 2.75) is 25.6 Å². The maximum absolute atomic E-state index is 13.7. The van der Waals surface area contributed by atoms with Crippen LogP contribution in [0.3, 0.4) is 0 Å². The maximum Gasteiger partial charge on any atom is 0.131 e. The van der Waals surface area contributed by atoms with Crippen LogP contribution in [0.2, 0.25) is 0 Å². The molecule has 0 bridgehead atoms. The third-order valence-electron chi connectivity index (χ3n) is 3.74. The number of aryl methyl sites for hydroxylation is 1. The molecule has 2 aromatic carbocycles. The van der Waals surface area contributed by atoms with Crippen LogP contribution in [-0.4, -0.2) is 5.11 Å². The standard InChI is InChI=1S/C17H14FNO2/c18-16-7-11(9-19)1-2-13(16)10-21-14-4-5-15-12(8-14)3-6-17(15)20/h1-2,4-5,7-8,17,20H,3,6,10H2/t17-/m0/s1. The Kier molecular flexibility index (Phi) is 3.59. The van der Waals surface area contributed by atoms with E-state index in [2.05, 4.69) is 0 Å². The number of ether oxygens (including phenoxy) is 1. The zero-order valence-electron chi connectivity index (χ0n) is 11.3. The van der Waals surface area contributed by atoms with E-state index in [4.69, 9.17) is 10.00 Å². The first-order valence-corrected chi connectivity index (χ1v) is 6.79. The molecule has 0 unspecified atom stereocenters. The highest BCUT2D eigenvalue weighted by atomic mass is 19.1. The normalized spacial score (nSPS) is 16.3. The van der Waals surface area contributed by atoms with E-state index in [1.54, 1.807) is 18.2 Å². The van der Waals surface area contributed by atoms with Crippen LogP contribution in [-0.2, 0) is 13.0 Å². The lowest BCUT2D eigenvalue weighted by atomic mass is 10.1. The molecule has 1 atom stereocenters. The third-order valence-corrected chi connectivity index (χ3v) is 3.74. The predicted molar refractivity (Wildman–Crippen MR) is 75.2 cm³/mol. The average Bonchev–Trinajstić information content (AvgIpc) is 2.87. The fourth-order valence-electron chi connectivity index (χ4n) is 2.56. The van der Waals surface area contributed by atoms with Gasteiger partial charge < -0.3 is 9.84 Å². The van der Waals surface area contributed by atoms with Crippen LogP contribution in [0.15, 0.2) is 36.4 Å². The lowest BCUT2D eigenvalue weighted by molar-refractivity contribution is 0.180. The number of aliphatic hydroxyl groups is 1. The molecule has 106 valence electrons. The summed E-state index contributed by atoms with van der Waals surface area (Å²) in [6, 6.07) is 11.8. The van der Waals surface area contributed by atoms with Crippen LogP contribution < -0.4 is 4.74 Å². The minimum atomic E-state index is -0.439. The Balaban J connectivity index is 1.72. The second-order valence-corrected chi connectivity index (χ2v) is 5.12. The molecule has 0 radical (unpaired) electrons. The van der Waals surface area contributed by atoms with E-state index < -0.39 is 5.82 Å². The summed E-state index contributed by atoms with van der Waals surface area (Å²) < 4.78 is 19.3. The van der Waals surface area contributed by atoms with E-state index in [1.165, 1.54) is 6.07 Å². The van der Waals surface area contributed by atoms with Gasteiger partial charge in [0, 0.05) is 5.56 Å². The molecule has 0 fully saturated rings. The molecule has 3 rings (SSSR count). The van der Waals surface area contributed by atoms with Crippen molar-refractivity contribution in [1.29, 1.82) is 5.26 Å². The summed E-state index contributed by atoms with van der Waals surface area (Å²) in [6.45, 7) is 0.110. The lowest BCUT2D eigenvalue weighted by Crippen LogP contribution is -1.99. The largest absolute Gasteiger partial charge is 0.489 e. The van der Waals surface area contributed by atoms with Gasteiger partial charge in [0.25, 0.3) is 0 Å². The number of benzene rings is 2. The minimum Gasteiger partial charge on any atom is -0.489 e. The van der Waals surface area contributed by atoms with Gasteiger partial charge in [-0.05, 0) is 48.2 Å². The van der Waals surface area contributed by atoms with Crippen molar-refractivity contribution >= 4 is 0 Å². The molecule has 0 heterocycles. The fraction of sp³-hybridized carbons (Fsp3) is 0.235. The van der Waals surface area contributed by atoms with Crippen LogP contribution in [0.5, 0.6) is 5.75 Å². The molecule has 0 aliphatic heterocycles. The minimum absolute atomic E-state index is 0.110. The molecule has 0 amide bonds. The maximum atomic E-state index is 13.7. The van der Waals surface area contributed by atoms with Gasteiger partial charge in [0.15, 0.2) is 0 Å². The molecular weight excluding hydrogens is 269 g/mol. The quantitative estimate of drug-likeness (QED) is 0.940. The van der Waals surface area contributed by atoms with Crippen LogP contribution in [0.1, 0.15) is 34.8 Å². The monoisotopic (exact) mass is 283 g/mol. The second kappa shape index (κ2) is 5.55. The van der Waals surface area contributed by atoms with Gasteiger partial charge in [0.05, 0.1) is 17.7 Å². The molecule has 0 aromatic heterocycles. The van der Waals surface area contributed by atoms with Crippen LogP contribution in [0, 0.1) is 17.1 Å². The van der Waals surface area contributed by atoms with Gasteiger partial charge >= 0.3 is 0 Å². The van der Waals surface area contributed by atoms with Gasteiger partial charge in [-0.25, -0.2) is 4.39 Å². The molecule has 0 saturated carbocycles. The number of aliphatic hydroxyl groups excluding tert-OH is 1. The molecule has 1 aliphatic carbocycles. The molecular formula is C17H14FNO2. The van der Waals surface area contributed by atoms with Gasteiger partial charge in [0.1, 0.15) is 18.2 Å². The zero-order valence-corrected chi connectivity index (χ0v) is 11.3. The van der Waals surface area contributed by atoms with Crippen molar-refractivity contribution in [2.75, 3.05) is 0 Å². The summed E-state index contributed by atoms with van der Waals surface area (Å²) in [6.07, 6.45) is 1.19. The number of hydrogen-bond acceptors (Lipinski definition) is 3. The fourth-order valence-corrected chi connectivity index (χ4v) is 2.56.